The smallest absolute Gasteiger partial charge is 0.328 e. The van der Waals surface area contributed by atoms with Crippen LogP contribution in [0.3, 0.4) is 0 Å². The minimum Gasteiger partial charge on any atom is -0.461 e. The highest BCUT2D eigenvalue weighted by Gasteiger charge is 2.29. The number of ketones is 1. The first kappa shape index (κ1) is 24.7. The molecule has 0 fully saturated rings. The fourth-order valence-corrected chi connectivity index (χ4v) is 3.21. The second-order valence-electron chi connectivity index (χ2n) is 7.63. The summed E-state index contributed by atoms with van der Waals surface area (Å²) in [7, 11) is 0. The van der Waals surface area contributed by atoms with E-state index >= 15 is 0 Å². The van der Waals surface area contributed by atoms with Crippen molar-refractivity contribution in [1.29, 1.82) is 5.41 Å². The third-order valence-corrected chi connectivity index (χ3v) is 4.66. The Morgan fingerprint density at radius 2 is 1.91 bits per heavy atom. The maximum absolute atomic E-state index is 14.0. The molecule has 2 atom stereocenters. The van der Waals surface area contributed by atoms with Crippen LogP contribution in [0.5, 0.6) is 0 Å². The number of Topliss-reactive ketones (excluding diaryl/α,β-unsaturated/α-hetero) is 1. The summed E-state index contributed by atoms with van der Waals surface area (Å²) in [5.74, 6) is -2.78. The average molecular weight is 446 g/mol. The van der Waals surface area contributed by atoms with E-state index in [0.29, 0.717) is 17.2 Å². The number of amides is 2. The van der Waals surface area contributed by atoms with Crippen LogP contribution in [-0.4, -0.2) is 53.0 Å². The van der Waals surface area contributed by atoms with Crippen molar-refractivity contribution >= 4 is 40.7 Å². The van der Waals surface area contributed by atoms with Crippen molar-refractivity contribution in [2.24, 2.45) is 0 Å². The van der Waals surface area contributed by atoms with Crippen molar-refractivity contribution in [3.05, 3.63) is 35.8 Å². The molecule has 172 valence electrons. The zero-order valence-electron chi connectivity index (χ0n) is 18.2. The minimum atomic E-state index is -1.13. The Hall–Kier alpha value is -3.56. The number of rotatable bonds is 11. The summed E-state index contributed by atoms with van der Waals surface area (Å²) < 4.78 is 19.1. The van der Waals surface area contributed by atoms with Crippen LogP contribution >= 0.6 is 0 Å². The minimum absolute atomic E-state index is 0.0419. The summed E-state index contributed by atoms with van der Waals surface area (Å²) in [5, 5.41) is 12.6. The van der Waals surface area contributed by atoms with Crippen molar-refractivity contribution in [3.63, 3.8) is 0 Å². The number of aromatic amines is 1. The largest absolute Gasteiger partial charge is 0.461 e. The number of para-hydroxylation sites is 1. The van der Waals surface area contributed by atoms with E-state index in [4.69, 9.17) is 10.1 Å². The van der Waals surface area contributed by atoms with Gasteiger partial charge in [0.1, 0.15) is 17.9 Å². The predicted molar refractivity (Wildman–Crippen MR) is 116 cm³/mol. The number of H-pyrrole nitrogens is 1. The molecule has 1 heterocycles. The van der Waals surface area contributed by atoms with Crippen molar-refractivity contribution in [2.45, 2.75) is 58.2 Å². The van der Waals surface area contributed by atoms with Crippen molar-refractivity contribution in [2.75, 3.05) is 0 Å². The van der Waals surface area contributed by atoms with E-state index in [-0.39, 0.29) is 24.8 Å². The molecule has 0 aliphatic carbocycles. The Balaban J connectivity index is 2.23. The summed E-state index contributed by atoms with van der Waals surface area (Å²) in [5.41, 5.74) is 0.890. The topological polar surface area (TPSA) is 141 Å². The zero-order valence-corrected chi connectivity index (χ0v) is 18.2. The fourth-order valence-electron chi connectivity index (χ4n) is 3.21. The molecule has 0 radical (unpaired) electrons. The van der Waals surface area contributed by atoms with Gasteiger partial charge in [-0.2, -0.15) is 0 Å². The van der Waals surface area contributed by atoms with Crippen LogP contribution in [0.25, 0.3) is 10.9 Å². The summed E-state index contributed by atoms with van der Waals surface area (Å²) in [4.78, 5) is 51.4. The molecule has 0 saturated heterocycles. The number of halogens is 1. The third-order valence-electron chi connectivity index (χ3n) is 4.66. The molecule has 0 unspecified atom stereocenters. The Bertz CT molecular complexity index is 1020. The summed E-state index contributed by atoms with van der Waals surface area (Å²) in [6.45, 7) is 4.55. The van der Waals surface area contributed by atoms with E-state index in [2.05, 4.69) is 15.6 Å². The van der Waals surface area contributed by atoms with E-state index < -0.39 is 47.6 Å². The van der Waals surface area contributed by atoms with Gasteiger partial charge in [-0.3, -0.25) is 14.4 Å². The monoisotopic (exact) mass is 446 g/mol. The number of carbonyl (C=O) groups is 4. The molecule has 2 amide bonds. The molecule has 10 heteroatoms. The van der Waals surface area contributed by atoms with E-state index in [1.807, 2.05) is 0 Å². The Morgan fingerprint density at radius 3 is 2.53 bits per heavy atom. The van der Waals surface area contributed by atoms with Crippen LogP contribution in [0, 0.1) is 11.2 Å². The van der Waals surface area contributed by atoms with Gasteiger partial charge in [-0.05, 0) is 31.9 Å². The first-order chi connectivity index (χ1) is 15.1. The average Bonchev–Trinajstić information content (AvgIpc) is 3.13. The van der Waals surface area contributed by atoms with Gasteiger partial charge < -0.3 is 25.8 Å². The van der Waals surface area contributed by atoms with Crippen molar-refractivity contribution < 1.29 is 28.3 Å². The van der Waals surface area contributed by atoms with Crippen LogP contribution in [0.2, 0.25) is 0 Å². The van der Waals surface area contributed by atoms with Gasteiger partial charge in [-0.1, -0.05) is 12.1 Å². The standard InChI is InChI=1S/C22H27FN4O5/c1-12(2)32-22(31)18(8-7-15(29)10-24)27-21(30)19(26-13(3)28)9-14-11-25-20-16(14)5-4-6-17(20)23/h4-6,10-12,18-19,24-25H,7-9H2,1-3H3,(H,26,28)(H,27,30)/t18-,19-/m0/s1. The second kappa shape index (κ2) is 11.2. The quantitative estimate of drug-likeness (QED) is 0.308. The lowest BCUT2D eigenvalue weighted by Gasteiger charge is -2.23. The van der Waals surface area contributed by atoms with Crippen LogP contribution in [0.15, 0.2) is 24.4 Å². The second-order valence-corrected chi connectivity index (χ2v) is 7.63. The molecular formula is C22H27FN4O5. The van der Waals surface area contributed by atoms with Gasteiger partial charge >= 0.3 is 5.97 Å². The number of aromatic nitrogens is 1. The molecule has 4 N–H and O–H groups in total. The number of nitrogens with one attached hydrogen (secondary N) is 4. The maximum atomic E-state index is 14.0. The summed E-state index contributed by atoms with van der Waals surface area (Å²) in [6, 6.07) is 2.36. The Labute approximate surface area is 184 Å². The van der Waals surface area contributed by atoms with Gasteiger partial charge in [0.25, 0.3) is 0 Å². The summed E-state index contributed by atoms with van der Waals surface area (Å²) >= 11 is 0. The maximum Gasteiger partial charge on any atom is 0.328 e. The highest BCUT2D eigenvalue weighted by Crippen LogP contribution is 2.22. The number of fused-ring (bicyclic) bond motifs is 1. The number of benzene rings is 1. The van der Waals surface area contributed by atoms with Crippen molar-refractivity contribution in [3.8, 4) is 0 Å². The molecule has 32 heavy (non-hydrogen) atoms. The lowest BCUT2D eigenvalue weighted by atomic mass is 10.0. The van der Waals surface area contributed by atoms with E-state index in [1.54, 1.807) is 32.2 Å². The van der Waals surface area contributed by atoms with Crippen LogP contribution in [-0.2, 0) is 30.3 Å². The highest BCUT2D eigenvalue weighted by molar-refractivity contribution is 6.26. The number of ether oxygens (including phenoxy) is 1. The number of hydrogen-bond donors (Lipinski definition) is 4. The number of hydrogen-bond acceptors (Lipinski definition) is 6. The lowest BCUT2D eigenvalue weighted by molar-refractivity contribution is -0.151. The van der Waals surface area contributed by atoms with Gasteiger partial charge in [-0.15, -0.1) is 0 Å². The normalized spacial score (nSPS) is 12.8. The molecule has 0 aliphatic rings. The van der Waals surface area contributed by atoms with Crippen LogP contribution in [0.4, 0.5) is 4.39 Å². The predicted octanol–water partition coefficient (Wildman–Crippen LogP) is 1.79. The van der Waals surface area contributed by atoms with Gasteiger partial charge in [-0.25, -0.2) is 9.18 Å². The summed E-state index contributed by atoms with van der Waals surface area (Å²) in [6.07, 6.45) is 1.62. The van der Waals surface area contributed by atoms with E-state index in [0.717, 1.165) is 0 Å². The molecule has 0 spiro atoms. The first-order valence-corrected chi connectivity index (χ1v) is 10.2. The van der Waals surface area contributed by atoms with Crippen LogP contribution < -0.4 is 10.6 Å². The molecule has 2 rings (SSSR count). The lowest BCUT2D eigenvalue weighted by Crippen LogP contribution is -2.52. The van der Waals surface area contributed by atoms with E-state index in [9.17, 15) is 23.6 Å². The van der Waals surface area contributed by atoms with Crippen molar-refractivity contribution in [1.82, 2.24) is 15.6 Å². The molecular weight excluding hydrogens is 419 g/mol. The molecule has 2 aromatic rings. The van der Waals surface area contributed by atoms with Gasteiger partial charge in [0.2, 0.25) is 11.8 Å². The molecule has 1 aromatic carbocycles. The fraction of sp³-hybridized carbons (Fsp3) is 0.409. The molecule has 1 aromatic heterocycles. The van der Waals surface area contributed by atoms with Gasteiger partial charge in [0, 0.05) is 31.3 Å². The molecule has 0 aliphatic heterocycles. The molecule has 9 nitrogen and oxygen atoms in total. The highest BCUT2D eigenvalue weighted by atomic mass is 19.1. The Morgan fingerprint density at radius 1 is 1.19 bits per heavy atom. The van der Waals surface area contributed by atoms with E-state index in [1.165, 1.54) is 13.0 Å². The number of carbonyl (C=O) groups excluding carboxylic acids is 4. The zero-order chi connectivity index (χ0) is 23.8. The van der Waals surface area contributed by atoms with Crippen LogP contribution in [0.1, 0.15) is 39.2 Å². The number of esters is 1. The molecule has 0 saturated carbocycles. The van der Waals surface area contributed by atoms with Gasteiger partial charge in [0.15, 0.2) is 5.78 Å². The Kier molecular flexibility index (Phi) is 8.62. The third kappa shape index (κ3) is 6.73. The van der Waals surface area contributed by atoms with Gasteiger partial charge in [0.05, 0.1) is 17.8 Å². The molecule has 0 bridgehead atoms. The first-order valence-electron chi connectivity index (χ1n) is 10.2. The SMILES string of the molecule is CC(=O)N[C@@H](Cc1c[nH]c2c(F)cccc12)C(=O)N[C@@H](CCC(=O)C=N)C(=O)OC(C)C.